The molecule has 0 spiro atoms. The molecule has 1 heterocycles. The van der Waals surface area contributed by atoms with E-state index in [0.29, 0.717) is 29.4 Å². The summed E-state index contributed by atoms with van der Waals surface area (Å²) < 4.78 is 5.27. The van der Waals surface area contributed by atoms with Crippen LogP contribution < -0.4 is 10.1 Å². The fourth-order valence-electron chi connectivity index (χ4n) is 2.57. The zero-order valence-corrected chi connectivity index (χ0v) is 15.4. The van der Waals surface area contributed by atoms with Gasteiger partial charge in [0.15, 0.2) is 0 Å². The largest absolute Gasteiger partial charge is 0.477 e. The third-order valence-electron chi connectivity index (χ3n) is 4.04. The lowest BCUT2D eigenvalue weighted by molar-refractivity contribution is -0.385. The van der Waals surface area contributed by atoms with Crippen LogP contribution >= 0.6 is 0 Å². The van der Waals surface area contributed by atoms with Crippen LogP contribution in [0.1, 0.15) is 22.8 Å². The van der Waals surface area contributed by atoms with Gasteiger partial charge in [-0.15, -0.1) is 10.2 Å². The molecule has 2 aromatic carbocycles. The lowest BCUT2D eigenvalue weighted by Gasteiger charge is -2.07. The van der Waals surface area contributed by atoms with Gasteiger partial charge in [-0.1, -0.05) is 18.2 Å². The van der Waals surface area contributed by atoms with Crippen LogP contribution in [-0.4, -0.2) is 27.6 Å². The van der Waals surface area contributed by atoms with Gasteiger partial charge in [0.05, 0.1) is 17.2 Å². The summed E-state index contributed by atoms with van der Waals surface area (Å²) in [5.74, 6) is 0.0408. The number of hydrogen-bond donors (Lipinski definition) is 1. The summed E-state index contributed by atoms with van der Waals surface area (Å²) in [6.07, 6.45) is 0. The molecule has 0 aliphatic rings. The molecule has 0 unspecified atom stereocenters. The number of nitrogens with zero attached hydrogens (tertiary/aromatic N) is 3. The molecule has 8 nitrogen and oxygen atoms in total. The molecule has 1 amide bonds. The van der Waals surface area contributed by atoms with E-state index >= 15 is 0 Å². The first kappa shape index (κ1) is 19.0. The normalized spacial score (nSPS) is 10.4. The Kier molecular flexibility index (Phi) is 5.59. The molecule has 0 fully saturated rings. The van der Waals surface area contributed by atoms with Crippen LogP contribution in [0.3, 0.4) is 0 Å². The standard InChI is InChI=1S/C20H18N4O4/c1-3-28-19-11-10-17(22-23-19)14-6-8-16(9-7-14)21-20(25)15-5-4-13(2)18(12-15)24(26)27/h4-12H,3H2,1-2H3,(H,21,25). The Morgan fingerprint density at radius 2 is 1.86 bits per heavy atom. The van der Waals surface area contributed by atoms with Gasteiger partial charge in [-0.25, -0.2) is 0 Å². The molecule has 0 atom stereocenters. The van der Waals surface area contributed by atoms with Crippen LogP contribution in [0.4, 0.5) is 11.4 Å². The van der Waals surface area contributed by atoms with E-state index in [2.05, 4.69) is 15.5 Å². The average molecular weight is 378 g/mol. The molecule has 1 aromatic heterocycles. The number of nitro groups is 1. The molecular weight excluding hydrogens is 360 g/mol. The van der Waals surface area contributed by atoms with Gasteiger partial charge in [0, 0.05) is 34.5 Å². The molecule has 142 valence electrons. The Bertz CT molecular complexity index is 1000. The Labute approximate surface area is 161 Å². The van der Waals surface area contributed by atoms with E-state index in [1.807, 2.05) is 6.92 Å². The van der Waals surface area contributed by atoms with Crippen LogP contribution in [0.15, 0.2) is 54.6 Å². The van der Waals surface area contributed by atoms with Crippen LogP contribution in [0.5, 0.6) is 5.88 Å². The second kappa shape index (κ2) is 8.26. The highest BCUT2D eigenvalue weighted by Gasteiger charge is 2.15. The minimum absolute atomic E-state index is 0.0860. The number of anilines is 1. The van der Waals surface area contributed by atoms with Crippen molar-refractivity contribution in [3.05, 3.63) is 75.8 Å². The quantitative estimate of drug-likeness (QED) is 0.513. The highest BCUT2D eigenvalue weighted by Crippen LogP contribution is 2.22. The van der Waals surface area contributed by atoms with E-state index in [0.717, 1.165) is 5.56 Å². The van der Waals surface area contributed by atoms with E-state index < -0.39 is 10.8 Å². The van der Waals surface area contributed by atoms with Crippen molar-refractivity contribution in [1.82, 2.24) is 10.2 Å². The van der Waals surface area contributed by atoms with Gasteiger partial charge in [-0.05, 0) is 38.1 Å². The van der Waals surface area contributed by atoms with E-state index in [1.165, 1.54) is 6.07 Å². The van der Waals surface area contributed by atoms with Gasteiger partial charge in [-0.2, -0.15) is 0 Å². The van der Waals surface area contributed by atoms with E-state index in [4.69, 9.17) is 4.74 Å². The molecule has 8 heteroatoms. The monoisotopic (exact) mass is 378 g/mol. The van der Waals surface area contributed by atoms with Crippen LogP contribution in [0.25, 0.3) is 11.3 Å². The smallest absolute Gasteiger partial charge is 0.273 e. The molecule has 0 radical (unpaired) electrons. The molecule has 3 aromatic rings. The lowest BCUT2D eigenvalue weighted by Crippen LogP contribution is -2.12. The minimum atomic E-state index is -0.501. The maximum atomic E-state index is 12.4. The molecule has 0 aliphatic heterocycles. The first-order chi connectivity index (χ1) is 13.5. The van der Waals surface area contributed by atoms with Crippen molar-refractivity contribution in [2.24, 2.45) is 0 Å². The van der Waals surface area contributed by atoms with Crippen molar-refractivity contribution in [2.75, 3.05) is 11.9 Å². The minimum Gasteiger partial charge on any atom is -0.477 e. The van der Waals surface area contributed by atoms with Gasteiger partial charge in [0.1, 0.15) is 0 Å². The predicted octanol–water partition coefficient (Wildman–Crippen LogP) is 4.01. The number of aromatic nitrogens is 2. The third-order valence-corrected chi connectivity index (χ3v) is 4.04. The molecule has 28 heavy (non-hydrogen) atoms. The zero-order valence-electron chi connectivity index (χ0n) is 15.4. The van der Waals surface area contributed by atoms with Crippen molar-refractivity contribution in [3.63, 3.8) is 0 Å². The summed E-state index contributed by atoms with van der Waals surface area (Å²) in [7, 11) is 0. The van der Waals surface area contributed by atoms with E-state index in [9.17, 15) is 14.9 Å². The maximum Gasteiger partial charge on any atom is 0.273 e. The maximum absolute atomic E-state index is 12.4. The Morgan fingerprint density at radius 1 is 1.11 bits per heavy atom. The molecule has 1 N–H and O–H groups in total. The lowest BCUT2D eigenvalue weighted by atomic mass is 10.1. The number of carbonyl (C=O) groups is 1. The summed E-state index contributed by atoms with van der Waals surface area (Å²) in [5, 5.41) is 21.9. The van der Waals surface area contributed by atoms with Gasteiger partial charge in [-0.3, -0.25) is 14.9 Å². The first-order valence-electron chi connectivity index (χ1n) is 8.61. The van der Waals surface area contributed by atoms with Gasteiger partial charge in [0.25, 0.3) is 11.6 Å². The van der Waals surface area contributed by atoms with Crippen LogP contribution in [0, 0.1) is 17.0 Å². The van der Waals surface area contributed by atoms with Crippen LogP contribution in [-0.2, 0) is 0 Å². The summed E-state index contributed by atoms with van der Waals surface area (Å²) in [6, 6.07) is 15.0. The van der Waals surface area contributed by atoms with Crippen molar-refractivity contribution in [3.8, 4) is 17.1 Å². The molecule has 0 saturated carbocycles. The Balaban J connectivity index is 1.72. The third kappa shape index (κ3) is 4.29. The van der Waals surface area contributed by atoms with Gasteiger partial charge < -0.3 is 10.1 Å². The number of ether oxygens (including phenoxy) is 1. The van der Waals surface area contributed by atoms with Crippen molar-refractivity contribution in [2.45, 2.75) is 13.8 Å². The number of rotatable bonds is 6. The van der Waals surface area contributed by atoms with Gasteiger partial charge in [0.2, 0.25) is 5.88 Å². The molecule has 3 rings (SSSR count). The number of hydrogen-bond acceptors (Lipinski definition) is 6. The van der Waals surface area contributed by atoms with E-state index in [-0.39, 0.29) is 11.3 Å². The summed E-state index contributed by atoms with van der Waals surface area (Å²) >= 11 is 0. The summed E-state index contributed by atoms with van der Waals surface area (Å²) in [6.45, 7) is 4.02. The average Bonchev–Trinajstić information content (AvgIpc) is 2.69. The molecule has 0 saturated heterocycles. The molecular formula is C20H18N4O4. The second-order valence-electron chi connectivity index (χ2n) is 5.98. The Hall–Kier alpha value is -3.81. The number of nitro benzene ring substituents is 1. The van der Waals surface area contributed by atoms with Crippen molar-refractivity contribution in [1.29, 1.82) is 0 Å². The highest BCUT2D eigenvalue weighted by atomic mass is 16.6. The Morgan fingerprint density at radius 3 is 2.46 bits per heavy atom. The zero-order chi connectivity index (χ0) is 20.1. The topological polar surface area (TPSA) is 107 Å². The number of amides is 1. The number of carbonyl (C=O) groups excluding carboxylic acids is 1. The fraction of sp³-hybridized carbons (Fsp3) is 0.150. The predicted molar refractivity (Wildman–Crippen MR) is 104 cm³/mol. The second-order valence-corrected chi connectivity index (χ2v) is 5.98. The van der Waals surface area contributed by atoms with Crippen LogP contribution in [0.2, 0.25) is 0 Å². The fourth-order valence-corrected chi connectivity index (χ4v) is 2.57. The van der Waals surface area contributed by atoms with Gasteiger partial charge >= 0.3 is 0 Å². The summed E-state index contributed by atoms with van der Waals surface area (Å²) in [4.78, 5) is 22.9. The van der Waals surface area contributed by atoms with Crippen molar-refractivity contribution >= 4 is 17.3 Å². The summed E-state index contributed by atoms with van der Waals surface area (Å²) in [5.41, 5.74) is 2.71. The first-order valence-corrected chi connectivity index (χ1v) is 8.61. The highest BCUT2D eigenvalue weighted by molar-refractivity contribution is 6.04. The van der Waals surface area contributed by atoms with Crippen molar-refractivity contribution < 1.29 is 14.5 Å². The number of aryl methyl sites for hydroxylation is 1. The molecule has 0 bridgehead atoms. The molecule has 0 aliphatic carbocycles. The number of nitrogens with one attached hydrogen (secondary N) is 1. The number of benzene rings is 2. The van der Waals surface area contributed by atoms with E-state index in [1.54, 1.807) is 55.5 Å². The SMILES string of the molecule is CCOc1ccc(-c2ccc(NC(=O)c3ccc(C)c([N+](=O)[O-])c3)cc2)nn1.